The average molecular weight is 240 g/mol. The number of carbonyl (C=O) groups is 1. The first-order valence-electron chi connectivity index (χ1n) is 7.29. The fraction of sp³-hybridized carbons (Fsp3) is 0.929. The quantitative estimate of drug-likeness (QED) is 0.684. The van der Waals surface area contributed by atoms with E-state index in [4.69, 9.17) is 0 Å². The Kier molecular flexibility index (Phi) is 7.25. The average Bonchev–Trinajstić information content (AvgIpc) is 2.86. The van der Waals surface area contributed by atoms with Crippen LogP contribution in [0.5, 0.6) is 0 Å². The van der Waals surface area contributed by atoms with Gasteiger partial charge in [-0.3, -0.25) is 4.79 Å². The molecule has 0 aromatic heterocycles. The van der Waals surface area contributed by atoms with Crippen LogP contribution in [-0.2, 0) is 4.79 Å². The number of hydrogen-bond acceptors (Lipinski definition) is 2. The van der Waals surface area contributed by atoms with Crippen molar-refractivity contribution in [3.8, 4) is 0 Å². The van der Waals surface area contributed by atoms with Crippen LogP contribution in [0.15, 0.2) is 0 Å². The summed E-state index contributed by atoms with van der Waals surface area (Å²) in [4.78, 5) is 11.9. The Balaban J connectivity index is 2.21. The zero-order chi connectivity index (χ0) is 12.5. The van der Waals surface area contributed by atoms with Gasteiger partial charge in [-0.2, -0.15) is 0 Å². The Labute approximate surface area is 106 Å². The van der Waals surface area contributed by atoms with Crippen molar-refractivity contribution in [3.05, 3.63) is 0 Å². The minimum atomic E-state index is 0.0726. The van der Waals surface area contributed by atoms with Gasteiger partial charge >= 0.3 is 0 Å². The maximum absolute atomic E-state index is 11.9. The van der Waals surface area contributed by atoms with E-state index in [1.807, 2.05) is 0 Å². The molecule has 1 fully saturated rings. The van der Waals surface area contributed by atoms with Crippen molar-refractivity contribution in [1.29, 1.82) is 0 Å². The number of hydrogen-bond donors (Lipinski definition) is 2. The molecule has 2 atom stereocenters. The highest BCUT2D eigenvalue weighted by atomic mass is 16.2. The SMILES string of the molecule is CCCCC(CCC)CNC(=O)C1CCCN1. The third-order valence-corrected chi connectivity index (χ3v) is 3.60. The van der Waals surface area contributed by atoms with Crippen molar-refractivity contribution in [1.82, 2.24) is 10.6 Å². The van der Waals surface area contributed by atoms with Crippen LogP contribution < -0.4 is 10.6 Å². The van der Waals surface area contributed by atoms with Gasteiger partial charge in [0.1, 0.15) is 0 Å². The summed E-state index contributed by atoms with van der Waals surface area (Å²) in [5, 5.41) is 6.36. The first-order chi connectivity index (χ1) is 8.27. The molecule has 17 heavy (non-hydrogen) atoms. The van der Waals surface area contributed by atoms with Gasteiger partial charge in [0.2, 0.25) is 5.91 Å². The molecule has 1 amide bonds. The van der Waals surface area contributed by atoms with E-state index in [2.05, 4.69) is 24.5 Å². The Morgan fingerprint density at radius 1 is 1.35 bits per heavy atom. The number of rotatable bonds is 8. The van der Waals surface area contributed by atoms with Gasteiger partial charge in [-0.05, 0) is 38.1 Å². The molecule has 100 valence electrons. The third-order valence-electron chi connectivity index (χ3n) is 3.60. The van der Waals surface area contributed by atoms with E-state index in [0.29, 0.717) is 5.92 Å². The molecule has 3 heteroatoms. The predicted octanol–water partition coefficient (Wildman–Crippen LogP) is 2.46. The minimum absolute atomic E-state index is 0.0726. The van der Waals surface area contributed by atoms with E-state index in [9.17, 15) is 4.79 Å². The van der Waals surface area contributed by atoms with Crippen LogP contribution in [0, 0.1) is 5.92 Å². The Hall–Kier alpha value is -0.570. The number of carbonyl (C=O) groups excluding carboxylic acids is 1. The molecular weight excluding hydrogens is 212 g/mol. The van der Waals surface area contributed by atoms with Crippen LogP contribution in [0.3, 0.4) is 0 Å². The summed E-state index contributed by atoms with van der Waals surface area (Å²) < 4.78 is 0. The molecule has 2 unspecified atom stereocenters. The molecule has 1 heterocycles. The second-order valence-corrected chi connectivity index (χ2v) is 5.19. The number of nitrogens with one attached hydrogen (secondary N) is 2. The summed E-state index contributed by atoms with van der Waals surface area (Å²) in [6, 6.07) is 0.0726. The zero-order valence-electron chi connectivity index (χ0n) is 11.4. The maximum atomic E-state index is 11.9. The van der Waals surface area contributed by atoms with Gasteiger partial charge in [-0.25, -0.2) is 0 Å². The second kappa shape index (κ2) is 8.51. The van der Waals surface area contributed by atoms with Crippen LogP contribution in [0.1, 0.15) is 58.8 Å². The summed E-state index contributed by atoms with van der Waals surface area (Å²) in [6.07, 6.45) is 8.36. The van der Waals surface area contributed by atoms with Gasteiger partial charge in [0.15, 0.2) is 0 Å². The molecule has 3 nitrogen and oxygen atoms in total. The van der Waals surface area contributed by atoms with E-state index >= 15 is 0 Å². The van der Waals surface area contributed by atoms with E-state index in [1.165, 1.54) is 32.1 Å². The third kappa shape index (κ3) is 5.53. The fourth-order valence-corrected chi connectivity index (χ4v) is 2.53. The molecule has 1 saturated heterocycles. The lowest BCUT2D eigenvalue weighted by atomic mass is 9.97. The van der Waals surface area contributed by atoms with Gasteiger partial charge in [-0.15, -0.1) is 0 Å². The first kappa shape index (κ1) is 14.5. The summed E-state index contributed by atoms with van der Waals surface area (Å²) >= 11 is 0. The van der Waals surface area contributed by atoms with Crippen LogP contribution in [0.25, 0.3) is 0 Å². The molecule has 1 aliphatic rings. The lowest BCUT2D eigenvalue weighted by Gasteiger charge is -2.18. The lowest BCUT2D eigenvalue weighted by molar-refractivity contribution is -0.123. The molecule has 0 bridgehead atoms. The molecule has 0 radical (unpaired) electrons. The lowest BCUT2D eigenvalue weighted by Crippen LogP contribution is -2.42. The number of amides is 1. The zero-order valence-corrected chi connectivity index (χ0v) is 11.4. The predicted molar refractivity (Wildman–Crippen MR) is 72.0 cm³/mol. The van der Waals surface area contributed by atoms with Crippen LogP contribution in [-0.4, -0.2) is 25.0 Å². The summed E-state index contributed by atoms with van der Waals surface area (Å²) in [5.41, 5.74) is 0. The maximum Gasteiger partial charge on any atom is 0.237 e. The monoisotopic (exact) mass is 240 g/mol. The summed E-state index contributed by atoms with van der Waals surface area (Å²) in [5.74, 6) is 0.880. The second-order valence-electron chi connectivity index (χ2n) is 5.19. The largest absolute Gasteiger partial charge is 0.354 e. The molecule has 2 N–H and O–H groups in total. The topological polar surface area (TPSA) is 41.1 Å². The normalized spacial score (nSPS) is 21.4. The summed E-state index contributed by atoms with van der Waals surface area (Å²) in [7, 11) is 0. The standard InChI is InChI=1S/C14H28N2O/c1-3-5-8-12(7-4-2)11-16-14(17)13-9-6-10-15-13/h12-13,15H,3-11H2,1-2H3,(H,16,17). The van der Waals surface area contributed by atoms with Crippen molar-refractivity contribution >= 4 is 5.91 Å². The molecule has 1 aliphatic heterocycles. The van der Waals surface area contributed by atoms with Crippen molar-refractivity contribution < 1.29 is 4.79 Å². The molecule has 0 aromatic rings. The highest BCUT2D eigenvalue weighted by molar-refractivity contribution is 5.81. The van der Waals surface area contributed by atoms with E-state index in [0.717, 1.165) is 25.9 Å². The molecular formula is C14H28N2O. The highest BCUT2D eigenvalue weighted by Gasteiger charge is 2.22. The van der Waals surface area contributed by atoms with Gasteiger partial charge in [0.05, 0.1) is 6.04 Å². The molecule has 0 aliphatic carbocycles. The van der Waals surface area contributed by atoms with Crippen molar-refractivity contribution in [2.24, 2.45) is 5.92 Å². The van der Waals surface area contributed by atoms with E-state index in [-0.39, 0.29) is 11.9 Å². The van der Waals surface area contributed by atoms with Crippen molar-refractivity contribution in [2.45, 2.75) is 64.8 Å². The van der Waals surface area contributed by atoms with Crippen LogP contribution in [0.4, 0.5) is 0 Å². The number of unbranched alkanes of at least 4 members (excludes halogenated alkanes) is 1. The highest BCUT2D eigenvalue weighted by Crippen LogP contribution is 2.14. The van der Waals surface area contributed by atoms with Crippen LogP contribution >= 0.6 is 0 Å². The molecule has 0 saturated carbocycles. The Morgan fingerprint density at radius 3 is 2.76 bits per heavy atom. The van der Waals surface area contributed by atoms with Crippen LogP contribution in [0.2, 0.25) is 0 Å². The first-order valence-corrected chi connectivity index (χ1v) is 7.29. The van der Waals surface area contributed by atoms with Gasteiger partial charge < -0.3 is 10.6 Å². The van der Waals surface area contributed by atoms with Crippen molar-refractivity contribution in [2.75, 3.05) is 13.1 Å². The van der Waals surface area contributed by atoms with E-state index < -0.39 is 0 Å². The molecule has 1 rings (SSSR count). The smallest absolute Gasteiger partial charge is 0.237 e. The van der Waals surface area contributed by atoms with E-state index in [1.54, 1.807) is 0 Å². The Morgan fingerprint density at radius 2 is 2.18 bits per heavy atom. The van der Waals surface area contributed by atoms with Gasteiger partial charge in [-0.1, -0.05) is 33.1 Å². The van der Waals surface area contributed by atoms with Gasteiger partial charge in [0.25, 0.3) is 0 Å². The minimum Gasteiger partial charge on any atom is -0.354 e. The van der Waals surface area contributed by atoms with Gasteiger partial charge in [0, 0.05) is 6.54 Å². The molecule has 0 aromatic carbocycles. The Bertz CT molecular complexity index is 212. The summed E-state index contributed by atoms with van der Waals surface area (Å²) in [6.45, 7) is 6.31. The molecule has 0 spiro atoms. The van der Waals surface area contributed by atoms with Crippen molar-refractivity contribution in [3.63, 3.8) is 0 Å². The fourth-order valence-electron chi connectivity index (χ4n) is 2.53.